The number of nitrogens with one attached hydrogen (secondary N) is 2. The molecule has 7 heteroatoms. The monoisotopic (exact) mass is 305 g/mol. The van der Waals surface area contributed by atoms with Crippen LogP contribution in [0.2, 0.25) is 0 Å². The molecule has 3 heterocycles. The normalized spacial score (nSPS) is 30.0. The van der Waals surface area contributed by atoms with Crippen LogP contribution in [0.4, 0.5) is 0 Å². The highest BCUT2D eigenvalue weighted by Gasteiger charge is 2.68. The molecular weight excluding hydrogens is 282 g/mol. The number of hydrogen-bond acceptors (Lipinski definition) is 5. The van der Waals surface area contributed by atoms with Gasteiger partial charge in [-0.3, -0.25) is 10.6 Å². The van der Waals surface area contributed by atoms with E-state index in [-0.39, 0.29) is 10.5 Å². The molecule has 2 unspecified atom stereocenters. The molecule has 7 nitrogen and oxygen atoms in total. The molecule has 0 aromatic rings. The van der Waals surface area contributed by atoms with Gasteiger partial charge in [0.1, 0.15) is 13.2 Å². The van der Waals surface area contributed by atoms with Crippen LogP contribution in [0.3, 0.4) is 0 Å². The van der Waals surface area contributed by atoms with Crippen LogP contribution in [0.1, 0.15) is 32.6 Å². The van der Waals surface area contributed by atoms with Crippen molar-refractivity contribution in [2.24, 2.45) is 4.99 Å². The number of unbranched alkanes of at least 4 members (excludes halogenated alkanes) is 2. The molecule has 2 N–H and O–H groups in total. The van der Waals surface area contributed by atoms with Gasteiger partial charge in [-0.15, -0.1) is 6.58 Å². The summed E-state index contributed by atoms with van der Waals surface area (Å²) in [6.07, 6.45) is 5.04. The van der Waals surface area contributed by atoms with Crippen LogP contribution in [0, 0.1) is 4.91 Å². The van der Waals surface area contributed by atoms with Gasteiger partial charge in [-0.1, -0.05) is 19.4 Å². The van der Waals surface area contributed by atoms with Gasteiger partial charge in [-0.25, -0.2) is 9.79 Å². The van der Waals surface area contributed by atoms with Crippen LogP contribution < -0.4 is 10.6 Å². The molecule has 3 rings (SSSR count). The number of fused-ring (bicyclic) bond motifs is 2. The Morgan fingerprint density at radius 1 is 1.50 bits per heavy atom. The number of nitroso groups, excluding NO2 is 1. The molecule has 22 heavy (non-hydrogen) atoms. The molecule has 3 aliphatic rings. The van der Waals surface area contributed by atoms with Crippen molar-refractivity contribution >= 4 is 11.7 Å². The zero-order valence-electron chi connectivity index (χ0n) is 13.0. The predicted octanol–water partition coefficient (Wildman–Crippen LogP) is 0.946. The van der Waals surface area contributed by atoms with E-state index in [1.165, 1.54) is 0 Å². The second-order valence-electron chi connectivity index (χ2n) is 5.91. The minimum atomic E-state index is -0.485. The number of amidine groups is 1. The summed E-state index contributed by atoms with van der Waals surface area (Å²) in [4.78, 5) is 31.3. The SMILES string of the molecule is C=CCC1N=C2C3=C(NCNC3)[N+](=O)[N+]2(CCCCC)C1=O. The molecule has 0 aromatic carbocycles. The summed E-state index contributed by atoms with van der Waals surface area (Å²) in [5, 5.41) is 6.23. The van der Waals surface area contributed by atoms with Crippen molar-refractivity contribution in [1.29, 1.82) is 0 Å². The predicted molar refractivity (Wildman–Crippen MR) is 82.4 cm³/mol. The lowest BCUT2D eigenvalue weighted by atomic mass is 10.1. The Labute approximate surface area is 129 Å². The van der Waals surface area contributed by atoms with Crippen molar-refractivity contribution in [3.05, 3.63) is 29.0 Å². The van der Waals surface area contributed by atoms with E-state index in [2.05, 4.69) is 29.1 Å². The fourth-order valence-electron chi connectivity index (χ4n) is 3.40. The van der Waals surface area contributed by atoms with Crippen molar-refractivity contribution in [2.45, 2.75) is 38.6 Å². The molecule has 0 spiro atoms. The molecule has 0 fully saturated rings. The third-order valence-electron chi connectivity index (χ3n) is 4.49. The van der Waals surface area contributed by atoms with E-state index in [9.17, 15) is 9.70 Å². The number of rotatable bonds is 6. The van der Waals surface area contributed by atoms with Crippen LogP contribution in [0.5, 0.6) is 0 Å². The average Bonchev–Trinajstić information content (AvgIpc) is 2.94. The van der Waals surface area contributed by atoms with Gasteiger partial charge in [-0.2, -0.15) is 0 Å². The van der Waals surface area contributed by atoms with Gasteiger partial charge in [0.2, 0.25) is 0 Å². The summed E-state index contributed by atoms with van der Waals surface area (Å²) < 4.78 is -0.294. The number of carbonyl (C=O) groups is 1. The Morgan fingerprint density at radius 3 is 3.05 bits per heavy atom. The van der Waals surface area contributed by atoms with Crippen molar-refractivity contribution < 1.29 is 14.3 Å². The molecule has 0 saturated heterocycles. The lowest BCUT2D eigenvalue weighted by molar-refractivity contribution is -1.22. The molecule has 2 atom stereocenters. The van der Waals surface area contributed by atoms with Gasteiger partial charge < -0.3 is 0 Å². The summed E-state index contributed by atoms with van der Waals surface area (Å²) in [6.45, 7) is 7.39. The molecular formula is C15H23N5O2+2. The largest absolute Gasteiger partial charge is 0.389 e. The number of aliphatic imine (C=N–C) groups is 1. The summed E-state index contributed by atoms with van der Waals surface area (Å²) in [5.41, 5.74) is 0.831. The fourth-order valence-corrected chi connectivity index (χ4v) is 3.40. The Morgan fingerprint density at radius 2 is 2.32 bits per heavy atom. The lowest BCUT2D eigenvalue weighted by Gasteiger charge is -2.20. The topological polar surface area (TPSA) is 73.6 Å². The second-order valence-corrected chi connectivity index (χ2v) is 5.91. The third kappa shape index (κ3) is 1.96. The Bertz CT molecular complexity index is 595. The van der Waals surface area contributed by atoms with Crippen LogP contribution in [-0.2, 0) is 4.79 Å². The second kappa shape index (κ2) is 5.73. The average molecular weight is 305 g/mol. The first-order valence-corrected chi connectivity index (χ1v) is 7.94. The first-order valence-electron chi connectivity index (χ1n) is 7.94. The summed E-state index contributed by atoms with van der Waals surface area (Å²) in [6, 6.07) is -0.485. The molecule has 0 aromatic heterocycles. The number of amides is 1. The smallest absolute Gasteiger partial charge is 0.277 e. The zero-order valence-corrected chi connectivity index (χ0v) is 13.0. The first-order chi connectivity index (χ1) is 10.7. The van der Waals surface area contributed by atoms with Crippen molar-refractivity contribution in [3.8, 4) is 0 Å². The number of hydrogen-bond donors (Lipinski definition) is 2. The van der Waals surface area contributed by atoms with Gasteiger partial charge in [0.05, 0.1) is 0 Å². The number of quaternary nitrogens is 1. The van der Waals surface area contributed by atoms with E-state index in [4.69, 9.17) is 0 Å². The minimum absolute atomic E-state index is 0.128. The number of nitrogens with zero attached hydrogens (tertiary/aromatic N) is 3. The lowest BCUT2D eigenvalue weighted by Crippen LogP contribution is -2.58. The van der Waals surface area contributed by atoms with E-state index in [1.54, 1.807) is 6.08 Å². The quantitative estimate of drug-likeness (QED) is 0.332. The van der Waals surface area contributed by atoms with E-state index in [0.29, 0.717) is 37.8 Å². The standard InChI is InChI=1S/C15H23N5O2/c1-3-5-6-8-20-14(18-12(7-4-2)15(20)21)11-9-16-10-17-13(11)19(20)22/h4,12,16-17H,2-3,5-10H2,1H3/q+2. The Balaban J connectivity index is 2.01. The summed E-state index contributed by atoms with van der Waals surface area (Å²) >= 11 is 0. The van der Waals surface area contributed by atoms with E-state index >= 15 is 0 Å². The maximum atomic E-state index is 12.9. The van der Waals surface area contributed by atoms with Gasteiger partial charge in [0, 0.05) is 19.4 Å². The molecule has 118 valence electrons. The van der Waals surface area contributed by atoms with E-state index in [1.807, 2.05) is 0 Å². The van der Waals surface area contributed by atoms with E-state index in [0.717, 1.165) is 29.7 Å². The van der Waals surface area contributed by atoms with Gasteiger partial charge in [-0.05, 0) is 15.9 Å². The van der Waals surface area contributed by atoms with Crippen molar-refractivity contribution in [2.75, 3.05) is 19.8 Å². The molecule has 3 aliphatic heterocycles. The molecule has 0 saturated carbocycles. The van der Waals surface area contributed by atoms with Gasteiger partial charge >= 0.3 is 11.7 Å². The third-order valence-corrected chi connectivity index (χ3v) is 4.49. The number of carbonyl (C=O) groups excluding carboxylic acids is 1. The highest BCUT2D eigenvalue weighted by Crippen LogP contribution is 2.36. The highest BCUT2D eigenvalue weighted by atomic mass is 16.4. The fraction of sp³-hybridized carbons (Fsp3) is 0.600. The van der Waals surface area contributed by atoms with Crippen molar-refractivity contribution in [1.82, 2.24) is 10.6 Å². The zero-order chi connectivity index (χ0) is 15.7. The maximum absolute atomic E-state index is 12.9. The van der Waals surface area contributed by atoms with Gasteiger partial charge in [0.25, 0.3) is 5.84 Å². The first kappa shape index (κ1) is 15.1. The van der Waals surface area contributed by atoms with Crippen LogP contribution in [-0.4, -0.2) is 47.0 Å². The van der Waals surface area contributed by atoms with Crippen LogP contribution >= 0.6 is 0 Å². The molecule has 1 amide bonds. The van der Waals surface area contributed by atoms with Crippen LogP contribution in [0.15, 0.2) is 29.0 Å². The highest BCUT2D eigenvalue weighted by molar-refractivity contribution is 6.06. The van der Waals surface area contributed by atoms with Crippen molar-refractivity contribution in [3.63, 3.8) is 0 Å². The van der Waals surface area contributed by atoms with Crippen LogP contribution in [0.25, 0.3) is 0 Å². The van der Waals surface area contributed by atoms with Gasteiger partial charge in [0.15, 0.2) is 16.5 Å². The Hall–Kier alpha value is -1.86. The van der Waals surface area contributed by atoms with E-state index < -0.39 is 6.04 Å². The summed E-state index contributed by atoms with van der Waals surface area (Å²) in [7, 11) is 0. The maximum Gasteiger partial charge on any atom is 0.389 e. The molecule has 0 radical (unpaired) electrons. The molecule has 0 bridgehead atoms. The molecule has 0 aliphatic carbocycles. The Kier molecular flexibility index (Phi) is 3.92. The minimum Gasteiger partial charge on any atom is -0.277 e. The summed E-state index contributed by atoms with van der Waals surface area (Å²) in [5.74, 6) is 0.995.